The molecule has 4 nitrogen and oxygen atoms in total. The van der Waals surface area contributed by atoms with E-state index >= 15 is 0 Å². The summed E-state index contributed by atoms with van der Waals surface area (Å²) in [4.78, 5) is 14.4. The summed E-state index contributed by atoms with van der Waals surface area (Å²) in [6.07, 6.45) is 5.40. The monoisotopic (exact) mass is 301 g/mol. The van der Waals surface area contributed by atoms with Crippen molar-refractivity contribution in [3.63, 3.8) is 0 Å². The van der Waals surface area contributed by atoms with E-state index in [9.17, 15) is 4.79 Å². The molecule has 1 aromatic carbocycles. The average molecular weight is 301 g/mol. The Morgan fingerprint density at radius 2 is 1.86 bits per heavy atom. The van der Waals surface area contributed by atoms with Crippen LogP contribution >= 0.6 is 0 Å². The molecule has 4 heteroatoms. The van der Waals surface area contributed by atoms with Crippen LogP contribution in [0.5, 0.6) is 0 Å². The molecule has 2 N–H and O–H groups in total. The highest BCUT2D eigenvalue weighted by atomic mass is 16.2. The fraction of sp³-hybridized carbons (Fsp3) is 0.611. The van der Waals surface area contributed by atoms with Crippen molar-refractivity contribution in [3.05, 3.63) is 35.4 Å². The van der Waals surface area contributed by atoms with Crippen molar-refractivity contribution in [1.82, 2.24) is 15.5 Å². The van der Waals surface area contributed by atoms with E-state index in [1.165, 1.54) is 49.9 Å². The van der Waals surface area contributed by atoms with Crippen LogP contribution in [0.15, 0.2) is 24.3 Å². The van der Waals surface area contributed by atoms with Crippen LogP contribution in [0, 0.1) is 5.92 Å². The second-order valence-corrected chi connectivity index (χ2v) is 6.58. The summed E-state index contributed by atoms with van der Waals surface area (Å²) < 4.78 is 0. The van der Waals surface area contributed by atoms with E-state index in [-0.39, 0.29) is 11.8 Å². The molecule has 1 aromatic rings. The third-order valence-electron chi connectivity index (χ3n) is 4.72. The van der Waals surface area contributed by atoms with Crippen LogP contribution in [-0.4, -0.2) is 37.0 Å². The average Bonchev–Trinajstić information content (AvgIpc) is 2.72. The van der Waals surface area contributed by atoms with E-state index in [1.54, 1.807) is 0 Å². The minimum Gasteiger partial charge on any atom is -0.352 e. The summed E-state index contributed by atoms with van der Waals surface area (Å²) >= 11 is 0. The first-order valence-electron chi connectivity index (χ1n) is 8.60. The summed E-state index contributed by atoms with van der Waals surface area (Å²) in [5.74, 6) is 0.344. The van der Waals surface area contributed by atoms with Gasteiger partial charge in [0.1, 0.15) is 0 Å². The van der Waals surface area contributed by atoms with E-state index in [0.29, 0.717) is 6.54 Å². The largest absolute Gasteiger partial charge is 0.352 e. The van der Waals surface area contributed by atoms with Crippen LogP contribution in [0.2, 0.25) is 0 Å². The third-order valence-corrected chi connectivity index (χ3v) is 4.72. The van der Waals surface area contributed by atoms with Gasteiger partial charge in [0.15, 0.2) is 0 Å². The van der Waals surface area contributed by atoms with Crippen LogP contribution in [0.1, 0.15) is 36.8 Å². The lowest BCUT2D eigenvalue weighted by Gasteiger charge is -2.25. The Balaban J connectivity index is 1.51. The SMILES string of the molecule is O=C(NCc1cccc(CN2CCCCCC2)c1)C1CNC1. The number of likely N-dealkylation sites (tertiary alicyclic amines) is 1. The van der Waals surface area contributed by atoms with Gasteiger partial charge in [0.2, 0.25) is 5.91 Å². The maximum Gasteiger partial charge on any atom is 0.225 e. The van der Waals surface area contributed by atoms with E-state index in [0.717, 1.165) is 19.6 Å². The number of carbonyl (C=O) groups excluding carboxylic acids is 1. The number of nitrogens with zero attached hydrogens (tertiary/aromatic N) is 1. The normalized spacial score (nSPS) is 20.2. The molecule has 0 saturated carbocycles. The van der Waals surface area contributed by atoms with Gasteiger partial charge < -0.3 is 10.6 Å². The lowest BCUT2D eigenvalue weighted by molar-refractivity contribution is -0.126. The molecule has 2 aliphatic heterocycles. The molecule has 1 amide bonds. The van der Waals surface area contributed by atoms with Gasteiger partial charge in [-0.3, -0.25) is 9.69 Å². The summed E-state index contributed by atoms with van der Waals surface area (Å²) in [7, 11) is 0. The zero-order valence-corrected chi connectivity index (χ0v) is 13.3. The molecule has 2 fully saturated rings. The molecule has 3 rings (SSSR count). The van der Waals surface area contributed by atoms with Crippen molar-refractivity contribution in [2.24, 2.45) is 5.92 Å². The van der Waals surface area contributed by atoms with Crippen molar-refractivity contribution >= 4 is 5.91 Å². The molecule has 2 aliphatic rings. The van der Waals surface area contributed by atoms with Gasteiger partial charge in [-0.25, -0.2) is 0 Å². The molecule has 0 radical (unpaired) electrons. The van der Waals surface area contributed by atoms with Crippen LogP contribution < -0.4 is 10.6 Å². The fourth-order valence-electron chi connectivity index (χ4n) is 3.20. The Morgan fingerprint density at radius 1 is 1.14 bits per heavy atom. The fourth-order valence-corrected chi connectivity index (χ4v) is 3.20. The number of rotatable bonds is 5. The van der Waals surface area contributed by atoms with Crippen LogP contribution in [-0.2, 0) is 17.9 Å². The minimum atomic E-state index is 0.167. The summed E-state index contributed by atoms with van der Waals surface area (Å²) in [6.45, 7) is 5.75. The Labute approximate surface area is 133 Å². The summed E-state index contributed by atoms with van der Waals surface area (Å²) in [5.41, 5.74) is 2.56. The first kappa shape index (κ1) is 15.5. The van der Waals surface area contributed by atoms with E-state index in [4.69, 9.17) is 0 Å². The molecule has 0 unspecified atom stereocenters. The topological polar surface area (TPSA) is 44.4 Å². The number of carbonyl (C=O) groups is 1. The third kappa shape index (κ3) is 4.31. The number of hydrogen-bond donors (Lipinski definition) is 2. The van der Waals surface area contributed by atoms with Crippen molar-refractivity contribution in [2.75, 3.05) is 26.2 Å². The van der Waals surface area contributed by atoms with Gasteiger partial charge in [-0.05, 0) is 37.1 Å². The molecule has 2 heterocycles. The molecule has 22 heavy (non-hydrogen) atoms. The van der Waals surface area contributed by atoms with Gasteiger partial charge >= 0.3 is 0 Å². The molecule has 0 spiro atoms. The molecule has 0 atom stereocenters. The smallest absolute Gasteiger partial charge is 0.225 e. The number of amides is 1. The van der Waals surface area contributed by atoms with E-state index in [1.807, 2.05) is 0 Å². The molecular weight excluding hydrogens is 274 g/mol. The number of nitrogens with one attached hydrogen (secondary N) is 2. The quantitative estimate of drug-likeness (QED) is 0.873. The number of benzene rings is 1. The van der Waals surface area contributed by atoms with Gasteiger partial charge in [0, 0.05) is 26.2 Å². The second kappa shape index (κ2) is 7.75. The minimum absolute atomic E-state index is 0.167. The van der Waals surface area contributed by atoms with Gasteiger partial charge in [0.05, 0.1) is 5.92 Å². The highest BCUT2D eigenvalue weighted by Gasteiger charge is 2.24. The molecular formula is C18H27N3O. The summed E-state index contributed by atoms with van der Waals surface area (Å²) in [5, 5.41) is 6.18. The zero-order valence-electron chi connectivity index (χ0n) is 13.3. The molecule has 0 bridgehead atoms. The van der Waals surface area contributed by atoms with Crippen LogP contribution in [0.4, 0.5) is 0 Å². The highest BCUT2D eigenvalue weighted by molar-refractivity contribution is 5.79. The standard InChI is InChI=1S/C18H27N3O/c22-18(17-12-19-13-17)20-11-15-6-5-7-16(10-15)14-21-8-3-1-2-4-9-21/h5-7,10,17,19H,1-4,8-9,11-14H2,(H,20,22). The van der Waals surface area contributed by atoms with E-state index < -0.39 is 0 Å². The maximum absolute atomic E-state index is 11.9. The van der Waals surface area contributed by atoms with Crippen molar-refractivity contribution in [2.45, 2.75) is 38.8 Å². The Kier molecular flexibility index (Phi) is 5.46. The molecule has 2 saturated heterocycles. The first-order chi connectivity index (χ1) is 10.8. The van der Waals surface area contributed by atoms with Crippen LogP contribution in [0.3, 0.4) is 0 Å². The molecule has 120 valence electrons. The Morgan fingerprint density at radius 3 is 2.55 bits per heavy atom. The lowest BCUT2D eigenvalue weighted by atomic mass is 10.0. The van der Waals surface area contributed by atoms with E-state index in [2.05, 4.69) is 39.8 Å². The second-order valence-electron chi connectivity index (χ2n) is 6.58. The maximum atomic E-state index is 11.9. The lowest BCUT2D eigenvalue weighted by Crippen LogP contribution is -2.50. The zero-order chi connectivity index (χ0) is 15.2. The van der Waals surface area contributed by atoms with Gasteiger partial charge in [-0.2, -0.15) is 0 Å². The molecule has 0 aliphatic carbocycles. The van der Waals surface area contributed by atoms with Gasteiger partial charge in [-0.15, -0.1) is 0 Å². The van der Waals surface area contributed by atoms with Gasteiger partial charge in [0.25, 0.3) is 0 Å². The van der Waals surface area contributed by atoms with Crippen molar-refractivity contribution in [1.29, 1.82) is 0 Å². The summed E-state index contributed by atoms with van der Waals surface area (Å²) in [6, 6.07) is 8.65. The Hall–Kier alpha value is -1.39. The highest BCUT2D eigenvalue weighted by Crippen LogP contribution is 2.14. The Bertz CT molecular complexity index is 491. The number of hydrogen-bond acceptors (Lipinski definition) is 3. The van der Waals surface area contributed by atoms with Crippen LogP contribution in [0.25, 0.3) is 0 Å². The van der Waals surface area contributed by atoms with Crippen molar-refractivity contribution < 1.29 is 4.79 Å². The van der Waals surface area contributed by atoms with Gasteiger partial charge in [-0.1, -0.05) is 37.1 Å². The molecule has 0 aromatic heterocycles. The first-order valence-corrected chi connectivity index (χ1v) is 8.60. The van der Waals surface area contributed by atoms with Crippen molar-refractivity contribution in [3.8, 4) is 0 Å². The predicted octanol–water partition coefficient (Wildman–Crippen LogP) is 1.90. The predicted molar refractivity (Wildman–Crippen MR) is 88.4 cm³/mol.